The Morgan fingerprint density at radius 1 is 1.12 bits per heavy atom. The van der Waals surface area contributed by atoms with Gasteiger partial charge in [0.15, 0.2) is 0 Å². The van der Waals surface area contributed by atoms with E-state index < -0.39 is 5.60 Å². The van der Waals surface area contributed by atoms with Gasteiger partial charge in [0.2, 0.25) is 5.91 Å². The fraction of sp³-hybridized carbons (Fsp3) is 0.400. The molecule has 2 aromatic rings. The summed E-state index contributed by atoms with van der Waals surface area (Å²) in [7, 11) is 0. The predicted molar refractivity (Wildman–Crippen MR) is 93.6 cm³/mol. The first-order chi connectivity index (χ1) is 11.7. The number of carbonyl (C=O) groups excluding carboxylic acids is 1. The van der Waals surface area contributed by atoms with Crippen LogP contribution in [-0.2, 0) is 11.2 Å². The number of hydrogen-bond acceptors (Lipinski definition) is 3. The van der Waals surface area contributed by atoms with Gasteiger partial charge in [-0.2, -0.15) is 0 Å². The van der Waals surface area contributed by atoms with Crippen LogP contribution in [0.1, 0.15) is 42.7 Å². The highest BCUT2D eigenvalue weighted by molar-refractivity contribution is 5.84. The van der Waals surface area contributed by atoms with Crippen LogP contribution < -0.4 is 5.32 Å². The number of pyridine rings is 1. The second kappa shape index (κ2) is 7.58. The Morgan fingerprint density at radius 3 is 2.46 bits per heavy atom. The van der Waals surface area contributed by atoms with E-state index in [2.05, 4.69) is 10.3 Å². The molecule has 0 aliphatic heterocycles. The van der Waals surface area contributed by atoms with Crippen molar-refractivity contribution in [3.05, 3.63) is 66.0 Å². The highest BCUT2D eigenvalue weighted by Gasteiger charge is 2.32. The Kier molecular flexibility index (Phi) is 5.26. The van der Waals surface area contributed by atoms with Crippen LogP contribution in [0.25, 0.3) is 0 Å². The van der Waals surface area contributed by atoms with Gasteiger partial charge in [-0.25, -0.2) is 0 Å². The van der Waals surface area contributed by atoms with Gasteiger partial charge in [-0.15, -0.1) is 0 Å². The lowest BCUT2D eigenvalue weighted by Gasteiger charge is -2.24. The molecule has 1 aliphatic rings. The second-order valence-corrected chi connectivity index (χ2v) is 6.67. The van der Waals surface area contributed by atoms with Crippen molar-refractivity contribution >= 4 is 5.91 Å². The summed E-state index contributed by atoms with van der Waals surface area (Å²) < 4.78 is 0. The molecule has 0 radical (unpaired) electrons. The van der Waals surface area contributed by atoms with Crippen molar-refractivity contribution in [1.29, 1.82) is 0 Å². The van der Waals surface area contributed by atoms with Crippen LogP contribution in [0.5, 0.6) is 0 Å². The number of carbonyl (C=O) groups is 1. The first kappa shape index (κ1) is 16.7. The summed E-state index contributed by atoms with van der Waals surface area (Å²) in [5.41, 5.74) is 1.34. The number of benzene rings is 1. The van der Waals surface area contributed by atoms with Crippen LogP contribution in [0.2, 0.25) is 0 Å². The molecule has 1 saturated carbocycles. The number of nitrogens with one attached hydrogen (secondary N) is 1. The predicted octanol–water partition coefficient (Wildman–Crippen LogP) is 2.83. The first-order valence-electron chi connectivity index (χ1n) is 8.60. The van der Waals surface area contributed by atoms with Gasteiger partial charge in [0.05, 0.1) is 11.5 Å². The summed E-state index contributed by atoms with van der Waals surface area (Å²) in [5.74, 6) is -0.294. The molecule has 4 nitrogen and oxygen atoms in total. The van der Waals surface area contributed by atoms with Crippen LogP contribution in [0.15, 0.2) is 54.9 Å². The maximum Gasteiger partial charge on any atom is 0.227 e. The largest absolute Gasteiger partial charge is 0.388 e. The molecular weight excluding hydrogens is 300 g/mol. The third kappa shape index (κ3) is 4.20. The quantitative estimate of drug-likeness (QED) is 0.859. The summed E-state index contributed by atoms with van der Waals surface area (Å²) in [5, 5.41) is 13.4. The molecule has 4 heteroatoms. The molecule has 0 saturated heterocycles. The summed E-state index contributed by atoms with van der Waals surface area (Å²) in [4.78, 5) is 16.8. The van der Waals surface area contributed by atoms with Gasteiger partial charge in [0.1, 0.15) is 0 Å². The van der Waals surface area contributed by atoms with Crippen molar-refractivity contribution in [1.82, 2.24) is 10.3 Å². The average Bonchev–Trinajstić information content (AvgIpc) is 3.06. The standard InChI is InChI=1S/C20H24N2O2/c23-19(22-15-20(24)10-4-5-11-20)18(17-6-2-1-3-7-17)14-16-8-12-21-13-9-16/h1-3,6-9,12-13,18,24H,4-5,10-11,14-15H2,(H,22,23). The van der Waals surface area contributed by atoms with Crippen LogP contribution in [-0.4, -0.2) is 28.1 Å². The fourth-order valence-corrected chi connectivity index (χ4v) is 3.39. The summed E-state index contributed by atoms with van der Waals surface area (Å²) in [6, 6.07) is 13.7. The topological polar surface area (TPSA) is 62.2 Å². The Bertz CT molecular complexity index is 652. The molecule has 126 valence electrons. The van der Waals surface area contributed by atoms with Gasteiger partial charge in [-0.05, 0) is 42.5 Å². The zero-order valence-corrected chi connectivity index (χ0v) is 13.8. The van der Waals surface area contributed by atoms with Crippen LogP contribution in [0.3, 0.4) is 0 Å². The van der Waals surface area contributed by atoms with Gasteiger partial charge < -0.3 is 10.4 Å². The van der Waals surface area contributed by atoms with Gasteiger partial charge in [0.25, 0.3) is 0 Å². The van der Waals surface area contributed by atoms with E-state index in [9.17, 15) is 9.90 Å². The number of nitrogens with zero attached hydrogens (tertiary/aromatic N) is 1. The molecular formula is C20H24N2O2. The highest BCUT2D eigenvalue weighted by atomic mass is 16.3. The van der Waals surface area contributed by atoms with E-state index in [1.807, 2.05) is 42.5 Å². The Balaban J connectivity index is 1.72. The van der Waals surface area contributed by atoms with E-state index >= 15 is 0 Å². The van der Waals surface area contributed by atoms with Crippen molar-refractivity contribution in [2.45, 2.75) is 43.6 Å². The number of rotatable bonds is 6. The van der Waals surface area contributed by atoms with E-state index in [0.717, 1.165) is 36.8 Å². The minimum atomic E-state index is -0.729. The maximum atomic E-state index is 12.8. The molecule has 1 fully saturated rings. The van der Waals surface area contributed by atoms with Gasteiger partial charge in [0, 0.05) is 18.9 Å². The second-order valence-electron chi connectivity index (χ2n) is 6.67. The zero-order chi connectivity index (χ0) is 16.8. The zero-order valence-electron chi connectivity index (χ0n) is 13.8. The lowest BCUT2D eigenvalue weighted by molar-refractivity contribution is -0.123. The Labute approximate surface area is 142 Å². The van der Waals surface area contributed by atoms with Crippen molar-refractivity contribution in [2.24, 2.45) is 0 Å². The SMILES string of the molecule is O=C(NCC1(O)CCCC1)C(Cc1ccncc1)c1ccccc1. The third-order valence-corrected chi connectivity index (χ3v) is 4.83. The Hall–Kier alpha value is -2.20. The lowest BCUT2D eigenvalue weighted by Crippen LogP contribution is -2.42. The van der Waals surface area contributed by atoms with E-state index in [-0.39, 0.29) is 11.8 Å². The molecule has 1 heterocycles. The van der Waals surface area contributed by atoms with Crippen LogP contribution >= 0.6 is 0 Å². The molecule has 1 aliphatic carbocycles. The average molecular weight is 324 g/mol. The maximum absolute atomic E-state index is 12.8. The van der Waals surface area contributed by atoms with Crippen molar-refractivity contribution in [2.75, 3.05) is 6.54 Å². The molecule has 1 aromatic carbocycles. The first-order valence-corrected chi connectivity index (χ1v) is 8.60. The molecule has 0 bridgehead atoms. The number of amides is 1. The summed E-state index contributed by atoms with van der Waals surface area (Å²) >= 11 is 0. The highest BCUT2D eigenvalue weighted by Crippen LogP contribution is 2.29. The van der Waals surface area contributed by atoms with Gasteiger partial charge in [-0.3, -0.25) is 9.78 Å². The van der Waals surface area contributed by atoms with E-state index in [1.54, 1.807) is 12.4 Å². The van der Waals surface area contributed by atoms with Crippen molar-refractivity contribution in [3.63, 3.8) is 0 Å². The van der Waals surface area contributed by atoms with Crippen LogP contribution in [0.4, 0.5) is 0 Å². The number of hydrogen-bond donors (Lipinski definition) is 2. The molecule has 2 N–H and O–H groups in total. The molecule has 1 amide bonds. The fourth-order valence-electron chi connectivity index (χ4n) is 3.39. The van der Waals surface area contributed by atoms with Gasteiger partial charge >= 0.3 is 0 Å². The summed E-state index contributed by atoms with van der Waals surface area (Å²) in [6.07, 6.45) is 7.72. The van der Waals surface area contributed by atoms with E-state index in [4.69, 9.17) is 0 Å². The number of aromatic nitrogens is 1. The monoisotopic (exact) mass is 324 g/mol. The Morgan fingerprint density at radius 2 is 1.79 bits per heavy atom. The van der Waals surface area contributed by atoms with E-state index in [1.165, 1.54) is 0 Å². The minimum Gasteiger partial charge on any atom is -0.388 e. The molecule has 1 aromatic heterocycles. The minimum absolute atomic E-state index is 0.0293. The van der Waals surface area contributed by atoms with Crippen molar-refractivity contribution < 1.29 is 9.90 Å². The smallest absolute Gasteiger partial charge is 0.227 e. The van der Waals surface area contributed by atoms with Crippen molar-refractivity contribution in [3.8, 4) is 0 Å². The molecule has 3 rings (SSSR count). The number of aliphatic hydroxyl groups is 1. The van der Waals surface area contributed by atoms with Gasteiger partial charge in [-0.1, -0.05) is 43.2 Å². The normalized spacial score (nSPS) is 17.4. The molecule has 1 unspecified atom stereocenters. The lowest BCUT2D eigenvalue weighted by atomic mass is 9.91. The van der Waals surface area contributed by atoms with E-state index in [0.29, 0.717) is 13.0 Å². The molecule has 1 atom stereocenters. The molecule has 24 heavy (non-hydrogen) atoms. The molecule has 0 spiro atoms. The third-order valence-electron chi connectivity index (χ3n) is 4.83. The van der Waals surface area contributed by atoms with Crippen LogP contribution in [0, 0.1) is 0 Å². The summed E-state index contributed by atoms with van der Waals surface area (Å²) in [6.45, 7) is 0.339.